The molecular formula is C15H14O2. The van der Waals surface area contributed by atoms with Gasteiger partial charge >= 0.3 is 0 Å². The van der Waals surface area contributed by atoms with Crippen molar-refractivity contribution in [3.63, 3.8) is 0 Å². The Morgan fingerprint density at radius 2 is 1.76 bits per heavy atom. The van der Waals surface area contributed by atoms with Crippen LogP contribution >= 0.6 is 0 Å². The SMILES string of the molecule is C=C1CC2C(=O)C=C(c3ccc(O)cc3)C2C1. The number of phenols is 1. The smallest absolute Gasteiger partial charge is 0.160 e. The highest BCUT2D eigenvalue weighted by atomic mass is 16.3. The van der Waals surface area contributed by atoms with Gasteiger partial charge in [0.05, 0.1) is 0 Å². The molecule has 86 valence electrons. The second-order valence-corrected chi connectivity index (χ2v) is 4.92. The number of hydrogen-bond acceptors (Lipinski definition) is 2. The van der Waals surface area contributed by atoms with E-state index in [1.807, 2.05) is 12.1 Å². The van der Waals surface area contributed by atoms with Crippen LogP contribution < -0.4 is 0 Å². The van der Waals surface area contributed by atoms with E-state index in [1.54, 1.807) is 18.2 Å². The molecule has 2 atom stereocenters. The van der Waals surface area contributed by atoms with Gasteiger partial charge in [-0.1, -0.05) is 24.3 Å². The minimum Gasteiger partial charge on any atom is -0.508 e. The van der Waals surface area contributed by atoms with Crippen molar-refractivity contribution in [1.29, 1.82) is 0 Å². The minimum absolute atomic E-state index is 0.117. The number of benzene rings is 1. The molecule has 0 amide bonds. The molecule has 0 heterocycles. The lowest BCUT2D eigenvalue weighted by molar-refractivity contribution is -0.117. The number of carbonyl (C=O) groups is 1. The van der Waals surface area contributed by atoms with Crippen molar-refractivity contribution >= 4 is 11.4 Å². The van der Waals surface area contributed by atoms with Gasteiger partial charge in [-0.2, -0.15) is 0 Å². The van der Waals surface area contributed by atoms with Crippen LogP contribution in [-0.2, 0) is 4.79 Å². The fraction of sp³-hybridized carbons (Fsp3) is 0.267. The van der Waals surface area contributed by atoms with Crippen molar-refractivity contribution in [3.05, 3.63) is 48.1 Å². The number of ketones is 1. The highest BCUT2D eigenvalue weighted by Crippen LogP contribution is 2.48. The average Bonchev–Trinajstić information content (AvgIpc) is 2.80. The van der Waals surface area contributed by atoms with Gasteiger partial charge in [0.1, 0.15) is 5.75 Å². The van der Waals surface area contributed by atoms with Gasteiger partial charge in [0.15, 0.2) is 5.78 Å². The molecule has 0 aliphatic heterocycles. The molecule has 3 rings (SSSR count). The summed E-state index contributed by atoms with van der Waals surface area (Å²) in [6.45, 7) is 3.99. The van der Waals surface area contributed by atoms with E-state index in [2.05, 4.69) is 6.58 Å². The lowest BCUT2D eigenvalue weighted by Gasteiger charge is -2.13. The molecule has 2 aliphatic rings. The summed E-state index contributed by atoms with van der Waals surface area (Å²) >= 11 is 0. The Bertz CT molecular complexity index is 522. The van der Waals surface area contributed by atoms with Gasteiger partial charge in [0, 0.05) is 5.92 Å². The third-order valence-corrected chi connectivity index (χ3v) is 3.77. The first-order chi connectivity index (χ1) is 8.15. The number of aromatic hydroxyl groups is 1. The van der Waals surface area contributed by atoms with E-state index in [4.69, 9.17) is 0 Å². The Morgan fingerprint density at radius 1 is 1.12 bits per heavy atom. The quantitative estimate of drug-likeness (QED) is 0.747. The fourth-order valence-corrected chi connectivity index (χ4v) is 2.93. The van der Waals surface area contributed by atoms with Gasteiger partial charge in [-0.05, 0) is 48.1 Å². The van der Waals surface area contributed by atoms with Crippen LogP contribution in [0.3, 0.4) is 0 Å². The van der Waals surface area contributed by atoms with Crippen molar-refractivity contribution in [1.82, 2.24) is 0 Å². The highest BCUT2D eigenvalue weighted by Gasteiger charge is 2.41. The predicted molar refractivity (Wildman–Crippen MR) is 66.4 cm³/mol. The Balaban J connectivity index is 1.98. The van der Waals surface area contributed by atoms with Gasteiger partial charge in [-0.25, -0.2) is 0 Å². The van der Waals surface area contributed by atoms with Gasteiger partial charge in [0.25, 0.3) is 0 Å². The Kier molecular flexibility index (Phi) is 2.18. The van der Waals surface area contributed by atoms with E-state index in [0.717, 1.165) is 24.0 Å². The Labute approximate surface area is 100 Å². The molecule has 0 bridgehead atoms. The lowest BCUT2D eigenvalue weighted by Crippen LogP contribution is -2.09. The van der Waals surface area contributed by atoms with Crippen molar-refractivity contribution < 1.29 is 9.90 Å². The standard InChI is InChI=1S/C15H14O2/c1-9-6-13-12(8-15(17)14(13)7-9)10-2-4-11(16)5-3-10/h2-5,8,13-14,16H,1,6-7H2. The number of fused-ring (bicyclic) bond motifs is 1. The monoisotopic (exact) mass is 226 g/mol. The second-order valence-electron chi connectivity index (χ2n) is 4.92. The maximum atomic E-state index is 11.9. The first-order valence-electron chi connectivity index (χ1n) is 5.86. The first kappa shape index (κ1) is 10.3. The van der Waals surface area contributed by atoms with Crippen molar-refractivity contribution in [2.45, 2.75) is 12.8 Å². The predicted octanol–water partition coefficient (Wildman–Crippen LogP) is 2.94. The molecule has 0 spiro atoms. The molecule has 1 N–H and O–H groups in total. The number of hydrogen-bond donors (Lipinski definition) is 1. The minimum atomic E-state index is 0.117. The van der Waals surface area contributed by atoms with Crippen LogP contribution in [0.1, 0.15) is 18.4 Å². The van der Waals surface area contributed by atoms with Crippen molar-refractivity contribution in [2.75, 3.05) is 0 Å². The third-order valence-electron chi connectivity index (χ3n) is 3.77. The van der Waals surface area contributed by atoms with Gasteiger partial charge in [-0.15, -0.1) is 0 Å². The van der Waals surface area contributed by atoms with E-state index in [0.29, 0.717) is 5.92 Å². The molecule has 2 aliphatic carbocycles. The largest absolute Gasteiger partial charge is 0.508 e. The summed E-state index contributed by atoms with van der Waals surface area (Å²) in [4.78, 5) is 11.9. The molecule has 1 aromatic rings. The topological polar surface area (TPSA) is 37.3 Å². The van der Waals surface area contributed by atoms with Gasteiger partial charge < -0.3 is 5.11 Å². The molecule has 1 saturated carbocycles. The molecule has 2 unspecified atom stereocenters. The van der Waals surface area contributed by atoms with Crippen LogP contribution in [0.4, 0.5) is 0 Å². The molecule has 2 nitrogen and oxygen atoms in total. The van der Waals surface area contributed by atoms with Crippen LogP contribution in [0.5, 0.6) is 5.75 Å². The van der Waals surface area contributed by atoms with E-state index in [9.17, 15) is 9.90 Å². The van der Waals surface area contributed by atoms with Crippen LogP contribution in [0.15, 0.2) is 42.5 Å². The number of allylic oxidation sites excluding steroid dienone is 3. The summed E-state index contributed by atoms with van der Waals surface area (Å²) in [6.07, 6.45) is 3.53. The molecule has 1 fully saturated rings. The number of carbonyl (C=O) groups excluding carboxylic acids is 1. The van der Waals surface area contributed by atoms with Crippen molar-refractivity contribution in [2.24, 2.45) is 11.8 Å². The summed E-state index contributed by atoms with van der Waals surface area (Å²) in [7, 11) is 0. The maximum absolute atomic E-state index is 11.9. The second kappa shape index (κ2) is 3.59. The van der Waals surface area contributed by atoms with Gasteiger partial charge in [-0.3, -0.25) is 4.79 Å². The molecule has 17 heavy (non-hydrogen) atoms. The Hall–Kier alpha value is -1.83. The summed E-state index contributed by atoms with van der Waals surface area (Å²) in [5.74, 6) is 0.911. The molecule has 1 aromatic carbocycles. The number of phenolic OH excluding ortho intramolecular Hbond substituents is 1. The summed E-state index contributed by atoms with van der Waals surface area (Å²) in [5.41, 5.74) is 3.33. The zero-order valence-electron chi connectivity index (χ0n) is 9.52. The zero-order chi connectivity index (χ0) is 12.0. The first-order valence-corrected chi connectivity index (χ1v) is 5.86. The summed E-state index contributed by atoms with van der Waals surface area (Å²) < 4.78 is 0. The fourth-order valence-electron chi connectivity index (χ4n) is 2.93. The normalized spacial score (nSPS) is 27.2. The number of rotatable bonds is 1. The van der Waals surface area contributed by atoms with Crippen LogP contribution in [0.2, 0.25) is 0 Å². The van der Waals surface area contributed by atoms with Crippen LogP contribution in [0, 0.1) is 11.8 Å². The van der Waals surface area contributed by atoms with Crippen LogP contribution in [-0.4, -0.2) is 10.9 Å². The third kappa shape index (κ3) is 1.60. The molecule has 0 radical (unpaired) electrons. The average molecular weight is 226 g/mol. The zero-order valence-corrected chi connectivity index (χ0v) is 9.52. The Morgan fingerprint density at radius 3 is 2.47 bits per heavy atom. The maximum Gasteiger partial charge on any atom is 0.160 e. The van der Waals surface area contributed by atoms with E-state index in [1.165, 1.54) is 5.57 Å². The lowest BCUT2D eigenvalue weighted by atomic mass is 9.90. The molecule has 0 saturated heterocycles. The van der Waals surface area contributed by atoms with Gasteiger partial charge in [0.2, 0.25) is 0 Å². The van der Waals surface area contributed by atoms with Crippen molar-refractivity contribution in [3.8, 4) is 5.75 Å². The van der Waals surface area contributed by atoms with E-state index < -0.39 is 0 Å². The highest BCUT2D eigenvalue weighted by molar-refractivity contribution is 6.05. The van der Waals surface area contributed by atoms with E-state index >= 15 is 0 Å². The summed E-state index contributed by atoms with van der Waals surface area (Å²) in [5, 5.41) is 9.28. The molecule has 0 aromatic heterocycles. The van der Waals surface area contributed by atoms with Crippen LogP contribution in [0.25, 0.3) is 5.57 Å². The molecule has 2 heteroatoms. The summed E-state index contributed by atoms with van der Waals surface area (Å²) in [6, 6.07) is 7.07. The molecular weight excluding hydrogens is 212 g/mol. The van der Waals surface area contributed by atoms with E-state index in [-0.39, 0.29) is 17.5 Å².